The number of hydrogen-bond donors (Lipinski definition) is 1. The summed E-state index contributed by atoms with van der Waals surface area (Å²) in [6, 6.07) is 11.1. The molecule has 1 heterocycles. The van der Waals surface area contributed by atoms with E-state index in [1.165, 1.54) is 0 Å². The van der Waals surface area contributed by atoms with Crippen LogP contribution in [-0.2, 0) is 4.74 Å². The predicted molar refractivity (Wildman–Crippen MR) is 80.0 cm³/mol. The monoisotopic (exact) mass is 286 g/mol. The van der Waals surface area contributed by atoms with E-state index in [2.05, 4.69) is 0 Å². The molecule has 2 aromatic carbocycles. The molecule has 0 aromatic heterocycles. The number of carboxylic acids is 1. The topological polar surface area (TPSA) is 55.8 Å². The van der Waals surface area contributed by atoms with Crippen LogP contribution < -0.4 is 4.74 Å². The van der Waals surface area contributed by atoms with Crippen LogP contribution in [0.1, 0.15) is 29.6 Å². The molecule has 1 fully saturated rings. The Morgan fingerprint density at radius 3 is 2.86 bits per heavy atom. The fraction of sp³-hybridized carbons (Fsp3) is 0.353. The van der Waals surface area contributed by atoms with Gasteiger partial charge in [0.05, 0.1) is 6.10 Å². The maximum atomic E-state index is 11.6. The van der Waals surface area contributed by atoms with Gasteiger partial charge < -0.3 is 14.6 Å². The Morgan fingerprint density at radius 2 is 2.10 bits per heavy atom. The Morgan fingerprint density at radius 1 is 1.24 bits per heavy atom. The summed E-state index contributed by atoms with van der Waals surface area (Å²) in [6.45, 7) is 1.16. The van der Waals surface area contributed by atoms with Gasteiger partial charge in [-0.2, -0.15) is 0 Å². The van der Waals surface area contributed by atoms with Crippen molar-refractivity contribution in [3.63, 3.8) is 0 Å². The largest absolute Gasteiger partial charge is 0.490 e. The highest BCUT2D eigenvalue weighted by Gasteiger charge is 2.19. The van der Waals surface area contributed by atoms with E-state index >= 15 is 0 Å². The maximum Gasteiger partial charge on any atom is 0.340 e. The summed E-state index contributed by atoms with van der Waals surface area (Å²) in [5.74, 6) is -0.554. The second-order valence-electron chi connectivity index (χ2n) is 5.26. The molecule has 4 heteroatoms. The lowest BCUT2D eigenvalue weighted by atomic mass is 10.0. The Hall–Kier alpha value is -2.07. The number of ether oxygens (including phenoxy) is 2. The summed E-state index contributed by atoms with van der Waals surface area (Å²) in [5.41, 5.74) is 0.226. The summed E-state index contributed by atoms with van der Waals surface area (Å²) in [5, 5.41) is 11.1. The SMILES string of the molecule is O=C(O)c1c(OCC2CCCCO2)ccc2ccccc12. The minimum atomic E-state index is -0.966. The van der Waals surface area contributed by atoms with Crippen LogP contribution in [0.5, 0.6) is 5.75 Å². The quantitative estimate of drug-likeness (QED) is 0.934. The average Bonchev–Trinajstić information content (AvgIpc) is 2.53. The minimum absolute atomic E-state index is 0.0619. The smallest absolute Gasteiger partial charge is 0.340 e. The van der Waals surface area contributed by atoms with Gasteiger partial charge in [-0.25, -0.2) is 4.79 Å². The van der Waals surface area contributed by atoms with Gasteiger partial charge in [-0.1, -0.05) is 30.3 Å². The van der Waals surface area contributed by atoms with Crippen molar-refractivity contribution in [2.75, 3.05) is 13.2 Å². The molecule has 0 amide bonds. The third-order valence-electron chi connectivity index (χ3n) is 3.80. The number of benzene rings is 2. The molecule has 0 radical (unpaired) electrons. The van der Waals surface area contributed by atoms with Crippen LogP contribution >= 0.6 is 0 Å². The highest BCUT2D eigenvalue weighted by molar-refractivity contribution is 6.06. The molecule has 2 aromatic rings. The third kappa shape index (κ3) is 3.00. The van der Waals surface area contributed by atoms with E-state index in [4.69, 9.17) is 9.47 Å². The molecule has 3 rings (SSSR count). The molecule has 1 aliphatic rings. The normalized spacial score (nSPS) is 18.6. The summed E-state index contributed by atoms with van der Waals surface area (Å²) in [6.07, 6.45) is 3.26. The zero-order valence-corrected chi connectivity index (χ0v) is 11.7. The van der Waals surface area contributed by atoms with E-state index in [9.17, 15) is 9.90 Å². The third-order valence-corrected chi connectivity index (χ3v) is 3.80. The van der Waals surface area contributed by atoms with Crippen LogP contribution in [0.4, 0.5) is 0 Å². The number of carbonyl (C=O) groups is 1. The standard InChI is InChI=1S/C17H18O4/c18-17(19)16-14-7-2-1-5-12(14)8-9-15(16)21-11-13-6-3-4-10-20-13/h1-2,5,7-9,13H,3-4,6,10-11H2,(H,18,19). The second-order valence-corrected chi connectivity index (χ2v) is 5.26. The lowest BCUT2D eigenvalue weighted by Crippen LogP contribution is -2.26. The van der Waals surface area contributed by atoms with E-state index < -0.39 is 5.97 Å². The first-order valence-electron chi connectivity index (χ1n) is 7.25. The van der Waals surface area contributed by atoms with E-state index in [1.807, 2.05) is 30.3 Å². The fourth-order valence-electron chi connectivity index (χ4n) is 2.71. The zero-order chi connectivity index (χ0) is 14.7. The molecule has 1 atom stereocenters. The summed E-state index contributed by atoms with van der Waals surface area (Å²) in [7, 11) is 0. The second kappa shape index (κ2) is 6.14. The molecule has 1 N–H and O–H groups in total. The molecule has 0 spiro atoms. The van der Waals surface area contributed by atoms with Crippen molar-refractivity contribution in [1.82, 2.24) is 0 Å². The van der Waals surface area contributed by atoms with Crippen LogP contribution in [-0.4, -0.2) is 30.4 Å². The van der Waals surface area contributed by atoms with Crippen molar-refractivity contribution in [1.29, 1.82) is 0 Å². The van der Waals surface area contributed by atoms with Crippen molar-refractivity contribution >= 4 is 16.7 Å². The highest BCUT2D eigenvalue weighted by Crippen LogP contribution is 2.28. The van der Waals surface area contributed by atoms with Gasteiger partial charge >= 0.3 is 5.97 Å². The zero-order valence-electron chi connectivity index (χ0n) is 11.7. The Kier molecular flexibility index (Phi) is 4.06. The van der Waals surface area contributed by atoms with E-state index in [0.29, 0.717) is 17.7 Å². The molecule has 4 nitrogen and oxygen atoms in total. The highest BCUT2D eigenvalue weighted by atomic mass is 16.5. The van der Waals surface area contributed by atoms with Gasteiger partial charge in [0.25, 0.3) is 0 Å². The van der Waals surface area contributed by atoms with Gasteiger partial charge in [0, 0.05) is 6.61 Å². The lowest BCUT2D eigenvalue weighted by molar-refractivity contribution is -0.0112. The van der Waals surface area contributed by atoms with E-state index in [1.54, 1.807) is 6.07 Å². The number of hydrogen-bond acceptors (Lipinski definition) is 3. The van der Waals surface area contributed by atoms with Crippen LogP contribution in [0.3, 0.4) is 0 Å². The lowest BCUT2D eigenvalue weighted by Gasteiger charge is -2.23. The minimum Gasteiger partial charge on any atom is -0.490 e. The molecular formula is C17H18O4. The fourth-order valence-corrected chi connectivity index (χ4v) is 2.71. The molecule has 0 saturated carbocycles. The predicted octanol–water partition coefficient (Wildman–Crippen LogP) is 3.49. The molecule has 0 bridgehead atoms. The summed E-state index contributed by atoms with van der Waals surface area (Å²) < 4.78 is 11.4. The molecule has 1 saturated heterocycles. The van der Waals surface area contributed by atoms with E-state index in [0.717, 1.165) is 31.3 Å². The first kappa shape index (κ1) is 13.9. The first-order chi connectivity index (χ1) is 10.3. The van der Waals surface area contributed by atoms with Gasteiger partial charge in [-0.05, 0) is 36.1 Å². The van der Waals surface area contributed by atoms with Gasteiger partial charge in [0.15, 0.2) is 0 Å². The first-order valence-corrected chi connectivity index (χ1v) is 7.25. The molecule has 1 unspecified atom stereocenters. The van der Waals surface area contributed by atoms with Crippen LogP contribution in [0.25, 0.3) is 10.8 Å². The number of carboxylic acid groups (broad SMARTS) is 1. The van der Waals surface area contributed by atoms with Gasteiger partial charge in [-0.3, -0.25) is 0 Å². The van der Waals surface area contributed by atoms with Gasteiger partial charge in [-0.15, -0.1) is 0 Å². The number of aromatic carboxylic acids is 1. The molecule has 0 aliphatic carbocycles. The maximum absolute atomic E-state index is 11.6. The Balaban J connectivity index is 1.87. The van der Waals surface area contributed by atoms with Crippen molar-refractivity contribution < 1.29 is 19.4 Å². The van der Waals surface area contributed by atoms with Crippen molar-refractivity contribution in [3.05, 3.63) is 42.0 Å². The Bertz CT molecular complexity index is 644. The van der Waals surface area contributed by atoms with Crippen molar-refractivity contribution in [2.45, 2.75) is 25.4 Å². The molecule has 21 heavy (non-hydrogen) atoms. The van der Waals surface area contributed by atoms with Crippen LogP contribution in [0.15, 0.2) is 36.4 Å². The van der Waals surface area contributed by atoms with Crippen LogP contribution in [0, 0.1) is 0 Å². The summed E-state index contributed by atoms with van der Waals surface area (Å²) in [4.78, 5) is 11.6. The van der Waals surface area contributed by atoms with Crippen molar-refractivity contribution in [3.8, 4) is 5.75 Å². The van der Waals surface area contributed by atoms with Crippen molar-refractivity contribution in [2.24, 2.45) is 0 Å². The Labute approximate surface area is 123 Å². The average molecular weight is 286 g/mol. The van der Waals surface area contributed by atoms with Crippen LogP contribution in [0.2, 0.25) is 0 Å². The molecular weight excluding hydrogens is 268 g/mol. The molecule has 1 aliphatic heterocycles. The van der Waals surface area contributed by atoms with E-state index in [-0.39, 0.29) is 11.7 Å². The van der Waals surface area contributed by atoms with Gasteiger partial charge in [0.1, 0.15) is 17.9 Å². The van der Waals surface area contributed by atoms with Gasteiger partial charge in [0.2, 0.25) is 0 Å². The molecule has 110 valence electrons. The number of fused-ring (bicyclic) bond motifs is 1. The summed E-state index contributed by atoms with van der Waals surface area (Å²) >= 11 is 0. The number of rotatable bonds is 4.